The molecule has 7 heteroatoms. The van der Waals surface area contributed by atoms with Crippen molar-refractivity contribution in [1.29, 1.82) is 5.26 Å². The average Bonchev–Trinajstić information content (AvgIpc) is 2.82. The molecule has 1 heterocycles. The van der Waals surface area contributed by atoms with E-state index in [2.05, 4.69) is 0 Å². The molecule has 0 radical (unpaired) electrons. The Balaban J connectivity index is 1.75. The van der Waals surface area contributed by atoms with Crippen molar-refractivity contribution >= 4 is 21.8 Å². The van der Waals surface area contributed by atoms with Crippen LogP contribution in [0.25, 0.3) is 6.08 Å². The summed E-state index contributed by atoms with van der Waals surface area (Å²) in [5.74, 6) is 1.06. The molecule has 0 saturated carbocycles. The number of ether oxygens (including phenoxy) is 2. The normalized spacial score (nSPS) is 13.0. The van der Waals surface area contributed by atoms with Crippen LogP contribution in [-0.2, 0) is 10.0 Å². The second kappa shape index (κ2) is 8.94. The van der Waals surface area contributed by atoms with Gasteiger partial charge in [0.1, 0.15) is 24.2 Å². The molecule has 3 aromatic carbocycles. The number of hydrogen-bond donors (Lipinski definition) is 0. The molecular weight excluding hydrogens is 412 g/mol. The summed E-state index contributed by atoms with van der Waals surface area (Å²) in [5.41, 5.74) is 1.48. The minimum absolute atomic E-state index is 0.0412. The Bertz CT molecular complexity index is 1250. The molecule has 0 saturated heterocycles. The number of nitrogens with zero attached hydrogens (tertiary/aromatic N) is 2. The van der Waals surface area contributed by atoms with Crippen LogP contribution in [0.15, 0.2) is 83.8 Å². The Kier molecular flexibility index (Phi) is 5.92. The first-order valence-electron chi connectivity index (χ1n) is 9.73. The van der Waals surface area contributed by atoms with E-state index in [1.165, 1.54) is 16.4 Å². The van der Waals surface area contributed by atoms with Gasteiger partial charge in [-0.3, -0.25) is 4.31 Å². The summed E-state index contributed by atoms with van der Waals surface area (Å²) < 4.78 is 39.6. The highest BCUT2D eigenvalue weighted by Crippen LogP contribution is 2.36. The van der Waals surface area contributed by atoms with Crippen molar-refractivity contribution in [2.75, 3.05) is 24.1 Å². The van der Waals surface area contributed by atoms with Crippen molar-refractivity contribution in [3.63, 3.8) is 0 Å². The lowest BCUT2D eigenvalue weighted by Gasteiger charge is -2.26. The summed E-state index contributed by atoms with van der Waals surface area (Å²) in [6.45, 7) is 0.925. The minimum atomic E-state index is -4.01. The van der Waals surface area contributed by atoms with E-state index in [1.54, 1.807) is 36.4 Å². The molecule has 31 heavy (non-hydrogen) atoms. The number of hydrogen-bond acceptors (Lipinski definition) is 5. The van der Waals surface area contributed by atoms with Crippen molar-refractivity contribution in [1.82, 2.24) is 0 Å². The summed E-state index contributed by atoms with van der Waals surface area (Å²) >= 11 is 0. The Labute approximate surface area is 181 Å². The summed E-state index contributed by atoms with van der Waals surface area (Å²) in [4.78, 5) is -0.0412. The van der Waals surface area contributed by atoms with E-state index in [9.17, 15) is 13.7 Å². The molecule has 156 valence electrons. The van der Waals surface area contributed by atoms with E-state index >= 15 is 0 Å². The Morgan fingerprint density at radius 1 is 0.935 bits per heavy atom. The van der Waals surface area contributed by atoms with E-state index in [0.29, 0.717) is 30.4 Å². The molecule has 1 aliphatic rings. The third kappa shape index (κ3) is 4.39. The quantitative estimate of drug-likeness (QED) is 0.582. The first-order chi connectivity index (χ1) is 15.1. The fraction of sp³-hybridized carbons (Fsp3) is 0.125. The Morgan fingerprint density at radius 2 is 1.65 bits per heavy atom. The zero-order chi connectivity index (χ0) is 21.7. The lowest BCUT2D eigenvalue weighted by molar-refractivity contribution is 0.171. The van der Waals surface area contributed by atoms with E-state index in [1.807, 2.05) is 42.5 Å². The highest BCUT2D eigenvalue weighted by Gasteiger charge is 2.28. The van der Waals surface area contributed by atoms with Gasteiger partial charge in [0.05, 0.1) is 17.8 Å². The standard InChI is InChI=1S/C24H20N2O4S/c25-18-20-10-4-5-11-24(20)31(27,28)26(14-6-9-19-7-2-1-3-8-19)21-12-13-22-23(17-21)30-16-15-29-22/h1-13,17H,14-16H2. The average molecular weight is 433 g/mol. The fourth-order valence-corrected chi connectivity index (χ4v) is 4.83. The molecule has 4 rings (SSSR count). The minimum Gasteiger partial charge on any atom is -0.486 e. The predicted molar refractivity (Wildman–Crippen MR) is 119 cm³/mol. The first kappa shape index (κ1) is 20.5. The number of rotatable bonds is 6. The van der Waals surface area contributed by atoms with E-state index in [-0.39, 0.29) is 17.0 Å². The van der Waals surface area contributed by atoms with Crippen LogP contribution in [0.1, 0.15) is 11.1 Å². The van der Waals surface area contributed by atoms with Crippen LogP contribution in [0.5, 0.6) is 11.5 Å². The summed E-state index contributed by atoms with van der Waals surface area (Å²) in [5, 5.41) is 9.43. The van der Waals surface area contributed by atoms with E-state index in [4.69, 9.17) is 9.47 Å². The highest BCUT2D eigenvalue weighted by atomic mass is 32.2. The molecule has 1 aliphatic heterocycles. The third-order valence-electron chi connectivity index (χ3n) is 4.77. The third-order valence-corrected chi connectivity index (χ3v) is 6.62. The monoisotopic (exact) mass is 432 g/mol. The fourth-order valence-electron chi connectivity index (χ4n) is 3.28. The molecule has 6 nitrogen and oxygen atoms in total. The number of fused-ring (bicyclic) bond motifs is 1. The molecule has 3 aromatic rings. The van der Waals surface area contributed by atoms with Crippen LogP contribution in [-0.4, -0.2) is 28.2 Å². The van der Waals surface area contributed by atoms with Crippen LogP contribution < -0.4 is 13.8 Å². The molecule has 0 aliphatic carbocycles. The van der Waals surface area contributed by atoms with Crippen LogP contribution in [0, 0.1) is 11.3 Å². The zero-order valence-corrected chi connectivity index (χ0v) is 17.5. The lowest BCUT2D eigenvalue weighted by atomic mass is 10.2. The molecule has 0 atom stereocenters. The van der Waals surface area contributed by atoms with Gasteiger partial charge in [-0.2, -0.15) is 5.26 Å². The summed E-state index contributed by atoms with van der Waals surface area (Å²) in [6, 6.07) is 22.8. The van der Waals surface area contributed by atoms with Gasteiger partial charge in [-0.1, -0.05) is 54.6 Å². The number of benzene rings is 3. The van der Waals surface area contributed by atoms with Crippen molar-refractivity contribution in [3.05, 3.63) is 90.0 Å². The van der Waals surface area contributed by atoms with Gasteiger partial charge >= 0.3 is 0 Å². The highest BCUT2D eigenvalue weighted by molar-refractivity contribution is 7.92. The smallest absolute Gasteiger partial charge is 0.265 e. The lowest BCUT2D eigenvalue weighted by Crippen LogP contribution is -2.32. The van der Waals surface area contributed by atoms with Crippen molar-refractivity contribution < 1.29 is 17.9 Å². The number of sulfonamides is 1. The van der Waals surface area contributed by atoms with Crippen LogP contribution in [0.2, 0.25) is 0 Å². The molecule has 0 unspecified atom stereocenters. The molecule has 0 N–H and O–H groups in total. The van der Waals surface area contributed by atoms with Gasteiger partial charge in [0.25, 0.3) is 10.0 Å². The molecule has 0 fully saturated rings. The molecular formula is C24H20N2O4S. The predicted octanol–water partition coefficient (Wildman–Crippen LogP) is 4.24. The van der Waals surface area contributed by atoms with Gasteiger partial charge in [-0.25, -0.2) is 8.42 Å². The SMILES string of the molecule is N#Cc1ccccc1S(=O)(=O)N(CC=Cc1ccccc1)c1ccc2c(c1)OCCO2. The first-order valence-corrected chi connectivity index (χ1v) is 11.2. The van der Waals surface area contributed by atoms with Crippen molar-refractivity contribution in [2.45, 2.75) is 4.90 Å². The molecule has 0 aromatic heterocycles. The largest absolute Gasteiger partial charge is 0.486 e. The number of nitriles is 1. The van der Waals surface area contributed by atoms with Crippen LogP contribution in [0.3, 0.4) is 0 Å². The van der Waals surface area contributed by atoms with Gasteiger partial charge in [0.15, 0.2) is 11.5 Å². The molecule has 0 bridgehead atoms. The van der Waals surface area contributed by atoms with Crippen molar-refractivity contribution in [2.24, 2.45) is 0 Å². The van der Waals surface area contributed by atoms with Gasteiger partial charge in [-0.15, -0.1) is 0 Å². The van der Waals surface area contributed by atoms with Crippen molar-refractivity contribution in [3.8, 4) is 17.6 Å². The van der Waals surface area contributed by atoms with Gasteiger partial charge in [-0.05, 0) is 29.8 Å². The van der Waals surface area contributed by atoms with Gasteiger partial charge < -0.3 is 9.47 Å². The second-order valence-corrected chi connectivity index (χ2v) is 8.62. The van der Waals surface area contributed by atoms with Crippen LogP contribution >= 0.6 is 0 Å². The maximum Gasteiger partial charge on any atom is 0.265 e. The summed E-state index contributed by atoms with van der Waals surface area (Å²) in [7, 11) is -4.01. The van der Waals surface area contributed by atoms with E-state index in [0.717, 1.165) is 5.56 Å². The second-order valence-electron chi connectivity index (χ2n) is 6.79. The summed E-state index contributed by atoms with van der Waals surface area (Å²) in [6.07, 6.45) is 3.63. The zero-order valence-electron chi connectivity index (χ0n) is 16.6. The maximum absolute atomic E-state index is 13.6. The Hall–Kier alpha value is -3.76. The van der Waals surface area contributed by atoms with Gasteiger partial charge in [0, 0.05) is 6.07 Å². The van der Waals surface area contributed by atoms with Gasteiger partial charge in [0.2, 0.25) is 0 Å². The maximum atomic E-state index is 13.6. The number of anilines is 1. The van der Waals surface area contributed by atoms with Crippen LogP contribution in [0.4, 0.5) is 5.69 Å². The molecule has 0 amide bonds. The topological polar surface area (TPSA) is 79.6 Å². The van der Waals surface area contributed by atoms with E-state index < -0.39 is 10.0 Å². The molecule has 0 spiro atoms. The Morgan fingerprint density at radius 3 is 2.42 bits per heavy atom.